The number of hydrogen-bond donors (Lipinski definition) is 0. The topological polar surface area (TPSA) is 18.5 Å². The van der Waals surface area contributed by atoms with E-state index in [0.29, 0.717) is 4.83 Å². The van der Waals surface area contributed by atoms with E-state index in [1.54, 1.807) is 0 Å². The Morgan fingerprint density at radius 3 is 2.82 bits per heavy atom. The number of rotatable bonds is 5. The fourth-order valence-electron chi connectivity index (χ4n) is 1.81. The number of benzene rings is 1. The van der Waals surface area contributed by atoms with Crippen LogP contribution < -0.4 is 4.74 Å². The molecule has 1 aromatic carbocycles. The van der Waals surface area contributed by atoms with Crippen LogP contribution in [0.1, 0.15) is 19.8 Å². The van der Waals surface area contributed by atoms with Gasteiger partial charge in [-0.05, 0) is 41.1 Å². The summed E-state index contributed by atoms with van der Waals surface area (Å²) in [5.74, 6) is 0.961. The number of hydrogen-bond acceptors (Lipinski definition) is 2. The Labute approximate surface area is 124 Å². The molecule has 3 atom stereocenters. The van der Waals surface area contributed by atoms with E-state index in [0.717, 1.165) is 28.8 Å². The van der Waals surface area contributed by atoms with Crippen LogP contribution in [0.5, 0.6) is 5.75 Å². The highest BCUT2D eigenvalue weighted by Crippen LogP contribution is 2.35. The van der Waals surface area contributed by atoms with Crippen molar-refractivity contribution in [2.75, 3.05) is 6.61 Å². The molecule has 17 heavy (non-hydrogen) atoms. The Morgan fingerprint density at radius 2 is 2.18 bits per heavy atom. The summed E-state index contributed by atoms with van der Waals surface area (Å²) in [5, 5.41) is 0. The van der Waals surface area contributed by atoms with Crippen molar-refractivity contribution in [3.63, 3.8) is 0 Å². The second-order valence-corrected chi connectivity index (χ2v) is 6.51. The number of alkyl halides is 1. The largest absolute Gasteiger partial charge is 0.487 e. The maximum Gasteiger partial charge on any atom is 0.133 e. The van der Waals surface area contributed by atoms with Crippen molar-refractivity contribution in [2.24, 2.45) is 0 Å². The lowest BCUT2D eigenvalue weighted by Crippen LogP contribution is -2.52. The van der Waals surface area contributed by atoms with Gasteiger partial charge in [0.15, 0.2) is 0 Å². The zero-order valence-electron chi connectivity index (χ0n) is 9.74. The van der Waals surface area contributed by atoms with Gasteiger partial charge >= 0.3 is 0 Å². The van der Waals surface area contributed by atoms with Crippen LogP contribution in [0.15, 0.2) is 24.3 Å². The third-order valence-electron chi connectivity index (χ3n) is 2.81. The number of ether oxygens (including phenoxy) is 2. The van der Waals surface area contributed by atoms with E-state index >= 15 is 0 Å². The standard InChI is InChI=1S/C13H16BrIO2/c1-2-7-16-13-9(14)8-12(13)17-11-6-4-3-5-10(11)15/h3-6,9,12-13H,2,7-8H2,1H3. The summed E-state index contributed by atoms with van der Waals surface area (Å²) in [6.07, 6.45) is 2.43. The molecule has 1 aliphatic rings. The highest BCUT2D eigenvalue weighted by atomic mass is 127. The molecule has 0 aromatic heterocycles. The van der Waals surface area contributed by atoms with Gasteiger partial charge in [-0.2, -0.15) is 0 Å². The number of halogens is 2. The summed E-state index contributed by atoms with van der Waals surface area (Å²) in [7, 11) is 0. The Hall–Kier alpha value is 0.190. The Bertz CT molecular complexity index is 372. The molecule has 1 aliphatic carbocycles. The zero-order chi connectivity index (χ0) is 12.3. The van der Waals surface area contributed by atoms with Crippen LogP contribution >= 0.6 is 38.5 Å². The number of para-hydroxylation sites is 1. The highest BCUT2D eigenvalue weighted by Gasteiger charge is 2.42. The predicted octanol–water partition coefficient (Wildman–Crippen LogP) is 4.00. The first-order chi connectivity index (χ1) is 8.22. The van der Waals surface area contributed by atoms with E-state index in [-0.39, 0.29) is 12.2 Å². The smallest absolute Gasteiger partial charge is 0.133 e. The second-order valence-electron chi connectivity index (χ2n) is 4.17. The van der Waals surface area contributed by atoms with Crippen LogP contribution in [-0.2, 0) is 4.74 Å². The summed E-state index contributed by atoms with van der Waals surface area (Å²) in [4.78, 5) is 0.431. The Morgan fingerprint density at radius 1 is 1.41 bits per heavy atom. The zero-order valence-corrected chi connectivity index (χ0v) is 13.5. The molecule has 0 radical (unpaired) electrons. The van der Waals surface area contributed by atoms with E-state index in [1.807, 2.05) is 18.2 Å². The van der Waals surface area contributed by atoms with E-state index < -0.39 is 0 Å². The summed E-state index contributed by atoms with van der Waals surface area (Å²) in [6, 6.07) is 8.10. The molecule has 94 valence electrons. The first kappa shape index (κ1) is 13.6. The minimum absolute atomic E-state index is 0.182. The van der Waals surface area contributed by atoms with E-state index in [4.69, 9.17) is 9.47 Å². The quantitative estimate of drug-likeness (QED) is 0.539. The first-order valence-electron chi connectivity index (χ1n) is 5.89. The van der Waals surface area contributed by atoms with Crippen LogP contribution in [0.2, 0.25) is 0 Å². The molecule has 0 aliphatic heterocycles. The van der Waals surface area contributed by atoms with Crippen molar-refractivity contribution >= 4 is 38.5 Å². The van der Waals surface area contributed by atoms with Gasteiger partial charge in [-0.3, -0.25) is 0 Å². The van der Waals surface area contributed by atoms with Gasteiger partial charge in [0.2, 0.25) is 0 Å². The third-order valence-corrected chi connectivity index (χ3v) is 4.60. The summed E-state index contributed by atoms with van der Waals surface area (Å²) in [6.45, 7) is 2.93. The molecular formula is C13H16BrIO2. The monoisotopic (exact) mass is 410 g/mol. The molecule has 1 aromatic rings. The lowest BCUT2D eigenvalue weighted by atomic mass is 9.91. The van der Waals surface area contributed by atoms with Gasteiger partial charge in [0.25, 0.3) is 0 Å². The van der Waals surface area contributed by atoms with Crippen LogP contribution in [0, 0.1) is 3.57 Å². The molecule has 0 bridgehead atoms. The van der Waals surface area contributed by atoms with Gasteiger partial charge in [-0.1, -0.05) is 35.0 Å². The molecule has 0 heterocycles. The second kappa shape index (κ2) is 6.38. The van der Waals surface area contributed by atoms with Crippen molar-refractivity contribution < 1.29 is 9.47 Å². The average Bonchev–Trinajstić information content (AvgIpc) is 2.31. The molecular weight excluding hydrogens is 395 g/mol. The Kier molecular flexibility index (Phi) is 5.11. The van der Waals surface area contributed by atoms with Crippen LogP contribution in [0.25, 0.3) is 0 Å². The van der Waals surface area contributed by atoms with Crippen LogP contribution in [0.3, 0.4) is 0 Å². The normalized spacial score (nSPS) is 27.6. The average molecular weight is 411 g/mol. The fraction of sp³-hybridized carbons (Fsp3) is 0.538. The molecule has 2 rings (SSSR count). The third kappa shape index (κ3) is 3.35. The van der Waals surface area contributed by atoms with Gasteiger partial charge in [0.1, 0.15) is 18.0 Å². The van der Waals surface area contributed by atoms with Gasteiger partial charge in [0.05, 0.1) is 3.57 Å². The van der Waals surface area contributed by atoms with Gasteiger partial charge < -0.3 is 9.47 Å². The maximum atomic E-state index is 6.00. The maximum absolute atomic E-state index is 6.00. The summed E-state index contributed by atoms with van der Waals surface area (Å²) >= 11 is 5.92. The van der Waals surface area contributed by atoms with Gasteiger partial charge in [-0.15, -0.1) is 0 Å². The lowest BCUT2D eigenvalue weighted by Gasteiger charge is -2.41. The molecule has 4 heteroatoms. The van der Waals surface area contributed by atoms with Crippen LogP contribution in [0.4, 0.5) is 0 Å². The first-order valence-corrected chi connectivity index (χ1v) is 7.88. The molecule has 0 N–H and O–H groups in total. The minimum Gasteiger partial charge on any atom is -0.487 e. The minimum atomic E-state index is 0.182. The Balaban J connectivity index is 1.93. The molecule has 0 saturated heterocycles. The molecule has 2 nitrogen and oxygen atoms in total. The van der Waals surface area contributed by atoms with Crippen molar-refractivity contribution in [2.45, 2.75) is 36.8 Å². The summed E-state index contributed by atoms with van der Waals surface area (Å²) in [5.41, 5.74) is 0. The predicted molar refractivity (Wildman–Crippen MR) is 80.9 cm³/mol. The molecule has 3 unspecified atom stereocenters. The van der Waals surface area contributed by atoms with Crippen molar-refractivity contribution in [1.29, 1.82) is 0 Å². The molecule has 1 fully saturated rings. The fourth-order valence-corrected chi connectivity index (χ4v) is 3.19. The SMILES string of the molecule is CCCOC1C(Br)CC1Oc1ccccc1I. The van der Waals surface area contributed by atoms with E-state index in [1.165, 1.54) is 0 Å². The van der Waals surface area contributed by atoms with Crippen LogP contribution in [-0.4, -0.2) is 23.6 Å². The van der Waals surface area contributed by atoms with Crippen molar-refractivity contribution in [1.82, 2.24) is 0 Å². The molecule has 0 spiro atoms. The summed E-state index contributed by atoms with van der Waals surface area (Å²) < 4.78 is 12.9. The van der Waals surface area contributed by atoms with Gasteiger partial charge in [0, 0.05) is 17.9 Å². The van der Waals surface area contributed by atoms with Gasteiger partial charge in [-0.25, -0.2) is 0 Å². The lowest BCUT2D eigenvalue weighted by molar-refractivity contribution is -0.0764. The van der Waals surface area contributed by atoms with Crippen molar-refractivity contribution in [3.8, 4) is 5.75 Å². The highest BCUT2D eigenvalue weighted by molar-refractivity contribution is 14.1. The van der Waals surface area contributed by atoms with E-state index in [2.05, 4.69) is 51.5 Å². The van der Waals surface area contributed by atoms with Crippen molar-refractivity contribution in [3.05, 3.63) is 27.8 Å². The molecule has 1 saturated carbocycles. The van der Waals surface area contributed by atoms with E-state index in [9.17, 15) is 0 Å². The molecule has 0 amide bonds.